The van der Waals surface area contributed by atoms with Gasteiger partial charge in [0.2, 0.25) is 23.1 Å². The molecule has 1 atom stereocenters. The van der Waals surface area contributed by atoms with E-state index in [0.717, 1.165) is 59.3 Å². The van der Waals surface area contributed by atoms with Gasteiger partial charge in [0, 0.05) is 90.4 Å². The van der Waals surface area contributed by atoms with Crippen LogP contribution in [-0.2, 0) is 28.6 Å². The molecular formula is C50H72N7O8+. The number of benzene rings is 3. The first-order valence-electron chi connectivity index (χ1n) is 23.2. The SMILES string of the molecule is C=C(C)C(=O)NCCOCCOCCOCC(=O)NCCCC[C@H](N)C(=O)Nc1ccc(-c2c3ccc(=[N+](CC)CC)cc-3oc3cc(N(CC)CC)ccc23)c(C(=O)N(CC)CC)c1. The van der Waals surface area contributed by atoms with Crippen molar-refractivity contribution in [2.24, 2.45) is 5.73 Å². The van der Waals surface area contributed by atoms with Crippen molar-refractivity contribution in [2.45, 2.75) is 73.8 Å². The summed E-state index contributed by atoms with van der Waals surface area (Å²) in [5, 5.41) is 10.4. The predicted octanol–water partition coefficient (Wildman–Crippen LogP) is 5.64. The minimum Gasteiger partial charge on any atom is -0.456 e. The fourth-order valence-electron chi connectivity index (χ4n) is 7.55. The molecule has 354 valence electrons. The molecule has 2 aliphatic rings. The molecule has 65 heavy (non-hydrogen) atoms. The molecule has 2 aromatic carbocycles. The lowest BCUT2D eigenvalue weighted by atomic mass is 9.89. The maximum absolute atomic E-state index is 14.4. The van der Waals surface area contributed by atoms with Crippen LogP contribution < -0.4 is 36.5 Å². The number of carbonyl (C=O) groups excluding carboxylic acids is 4. The Balaban J connectivity index is 1.40. The molecule has 0 aromatic heterocycles. The molecule has 15 heteroatoms. The van der Waals surface area contributed by atoms with Gasteiger partial charge in [-0.25, -0.2) is 4.58 Å². The molecule has 4 rings (SSSR count). The maximum atomic E-state index is 14.4. The lowest BCUT2D eigenvalue weighted by Gasteiger charge is -2.24. The summed E-state index contributed by atoms with van der Waals surface area (Å²) >= 11 is 0. The summed E-state index contributed by atoms with van der Waals surface area (Å²) < 4.78 is 25.2. The van der Waals surface area contributed by atoms with Crippen molar-refractivity contribution in [2.75, 3.05) is 102 Å². The second kappa shape index (κ2) is 27.0. The van der Waals surface area contributed by atoms with Gasteiger partial charge in [-0.3, -0.25) is 19.2 Å². The highest BCUT2D eigenvalue weighted by atomic mass is 16.5. The quantitative estimate of drug-likeness (QED) is 0.0241. The number of nitrogens with zero attached hydrogens (tertiary/aromatic N) is 3. The molecule has 0 saturated heterocycles. The topological polar surface area (TPSA) is 181 Å². The molecule has 0 saturated carbocycles. The number of hydrogen-bond donors (Lipinski definition) is 4. The Morgan fingerprint density at radius 1 is 0.769 bits per heavy atom. The highest BCUT2D eigenvalue weighted by molar-refractivity contribution is 6.10. The molecule has 0 bridgehead atoms. The Morgan fingerprint density at radius 3 is 2.11 bits per heavy atom. The molecule has 1 aliphatic heterocycles. The van der Waals surface area contributed by atoms with Crippen LogP contribution in [0.5, 0.6) is 0 Å². The van der Waals surface area contributed by atoms with Crippen LogP contribution in [0.3, 0.4) is 0 Å². The van der Waals surface area contributed by atoms with Crippen LogP contribution in [0.15, 0.2) is 71.2 Å². The maximum Gasteiger partial charge on any atom is 0.254 e. The Kier molecular flexibility index (Phi) is 21.6. The minimum absolute atomic E-state index is 0.0943. The van der Waals surface area contributed by atoms with Gasteiger partial charge in [-0.1, -0.05) is 12.6 Å². The first-order valence-corrected chi connectivity index (χ1v) is 23.2. The van der Waals surface area contributed by atoms with E-state index < -0.39 is 6.04 Å². The Labute approximate surface area is 384 Å². The summed E-state index contributed by atoms with van der Waals surface area (Å²) in [7, 11) is 0. The van der Waals surface area contributed by atoms with Gasteiger partial charge < -0.3 is 50.1 Å². The zero-order valence-electron chi connectivity index (χ0n) is 39.7. The van der Waals surface area contributed by atoms with Crippen LogP contribution >= 0.6 is 0 Å². The number of unbranched alkanes of at least 4 members (excludes halogenated alkanes) is 1. The van der Waals surface area contributed by atoms with E-state index in [1.807, 2.05) is 26.0 Å². The second-order valence-corrected chi connectivity index (χ2v) is 15.7. The van der Waals surface area contributed by atoms with E-state index in [1.54, 1.807) is 17.9 Å². The lowest BCUT2D eigenvalue weighted by Crippen LogP contribution is -2.36. The third-order valence-electron chi connectivity index (χ3n) is 11.3. The molecular weight excluding hydrogens is 827 g/mol. The highest BCUT2D eigenvalue weighted by Gasteiger charge is 2.26. The Bertz CT molecular complexity index is 2240. The number of nitrogens with two attached hydrogens (primary N) is 1. The van der Waals surface area contributed by atoms with Crippen molar-refractivity contribution >= 4 is 46.0 Å². The van der Waals surface area contributed by atoms with Crippen molar-refractivity contribution in [3.05, 3.63) is 77.7 Å². The van der Waals surface area contributed by atoms with Crippen LogP contribution in [0, 0.1) is 0 Å². The molecule has 2 aromatic rings. The molecule has 1 aliphatic carbocycles. The van der Waals surface area contributed by atoms with Gasteiger partial charge in [-0.15, -0.1) is 0 Å². The van der Waals surface area contributed by atoms with Crippen molar-refractivity contribution < 1.29 is 37.8 Å². The normalized spacial score (nSPS) is 11.6. The molecule has 1 heterocycles. The summed E-state index contributed by atoms with van der Waals surface area (Å²) in [6, 6.07) is 17.2. The number of anilines is 2. The third-order valence-corrected chi connectivity index (χ3v) is 11.3. The smallest absolute Gasteiger partial charge is 0.254 e. The van der Waals surface area contributed by atoms with Crippen molar-refractivity contribution in [1.82, 2.24) is 20.1 Å². The minimum atomic E-state index is -0.799. The largest absolute Gasteiger partial charge is 0.456 e. The van der Waals surface area contributed by atoms with Crippen molar-refractivity contribution in [1.29, 1.82) is 0 Å². The van der Waals surface area contributed by atoms with E-state index in [9.17, 15) is 19.2 Å². The first-order chi connectivity index (χ1) is 31.4. The van der Waals surface area contributed by atoms with E-state index in [1.165, 1.54) is 0 Å². The number of ether oxygens (including phenoxy) is 3. The average molecular weight is 899 g/mol. The summed E-state index contributed by atoms with van der Waals surface area (Å²) in [6.07, 6.45) is 1.64. The monoisotopic (exact) mass is 899 g/mol. The molecule has 15 nitrogen and oxygen atoms in total. The number of nitrogens with one attached hydrogen (secondary N) is 3. The predicted molar refractivity (Wildman–Crippen MR) is 259 cm³/mol. The Hall–Kier alpha value is -5.61. The van der Waals surface area contributed by atoms with Gasteiger partial charge in [-0.2, -0.15) is 0 Å². The molecule has 4 amide bonds. The number of carbonyl (C=O) groups is 4. The summed E-state index contributed by atoms with van der Waals surface area (Å²) in [5.74, 6) is -0.237. The van der Waals surface area contributed by atoms with Gasteiger partial charge in [-0.05, 0) is 104 Å². The zero-order valence-corrected chi connectivity index (χ0v) is 39.7. The highest BCUT2D eigenvalue weighted by Crippen LogP contribution is 2.43. The fraction of sp³-hybridized carbons (Fsp3) is 0.500. The number of rotatable bonds is 28. The van der Waals surface area contributed by atoms with Gasteiger partial charge in [0.1, 0.15) is 31.0 Å². The molecule has 0 fully saturated rings. The molecule has 0 radical (unpaired) electrons. The third kappa shape index (κ3) is 15.0. The summed E-state index contributed by atoms with van der Waals surface area (Å²) in [5.41, 5.74) is 12.0. The fourth-order valence-corrected chi connectivity index (χ4v) is 7.55. The van der Waals surface area contributed by atoms with Crippen LogP contribution in [0.2, 0.25) is 0 Å². The van der Waals surface area contributed by atoms with Crippen LogP contribution in [-0.4, -0.2) is 127 Å². The van der Waals surface area contributed by atoms with Gasteiger partial charge in [0.05, 0.1) is 45.1 Å². The Morgan fingerprint density at radius 2 is 1.45 bits per heavy atom. The first kappa shape index (κ1) is 52.0. The molecule has 0 spiro atoms. The van der Waals surface area contributed by atoms with Crippen molar-refractivity contribution in [3.63, 3.8) is 0 Å². The molecule has 0 unspecified atom stereocenters. The van der Waals surface area contributed by atoms with Crippen LogP contribution in [0.4, 0.5) is 11.4 Å². The lowest BCUT2D eigenvalue weighted by molar-refractivity contribution is -0.126. The van der Waals surface area contributed by atoms with E-state index in [2.05, 4.69) is 96.1 Å². The zero-order chi connectivity index (χ0) is 47.3. The van der Waals surface area contributed by atoms with E-state index in [-0.39, 0.29) is 36.8 Å². The second-order valence-electron chi connectivity index (χ2n) is 15.7. The average Bonchev–Trinajstić information content (AvgIpc) is 3.30. The summed E-state index contributed by atoms with van der Waals surface area (Å²) in [6.45, 7) is 24.5. The van der Waals surface area contributed by atoms with Gasteiger partial charge >= 0.3 is 0 Å². The number of fused-ring (bicyclic) bond motifs is 2. The van der Waals surface area contributed by atoms with Gasteiger partial charge in [0.15, 0.2) is 0 Å². The number of amides is 4. The van der Waals surface area contributed by atoms with Gasteiger partial charge in [0.25, 0.3) is 5.91 Å². The van der Waals surface area contributed by atoms with Crippen LogP contribution in [0.25, 0.3) is 33.4 Å². The molecule has 5 N–H and O–H groups in total. The van der Waals surface area contributed by atoms with Crippen molar-refractivity contribution in [3.8, 4) is 22.5 Å². The van der Waals surface area contributed by atoms with E-state index in [0.29, 0.717) is 100 Å². The van der Waals surface area contributed by atoms with E-state index in [4.69, 9.17) is 24.4 Å². The standard InChI is InChI=1S/C50H71N7O8/c1-9-55(10-2)37-19-22-40-44(32-37)65-45-33-38(56(11-3)12-4)20-23-41(45)47(40)39-21-18-36(31-42(39)50(61)57(13-5)14-6)54-49(60)43(51)17-15-16-24-52-46(58)34-64-30-29-63-28-27-62-26-25-53-48(59)35(7)8/h18-23,31-33,43H,7,9-17,24-30,34,51H2,1-6,8H3,(H2,52,53,58,59)/p+1/t43-/m0/s1. The summed E-state index contributed by atoms with van der Waals surface area (Å²) in [4.78, 5) is 55.6. The van der Waals surface area contributed by atoms with E-state index >= 15 is 0 Å². The number of hydrogen-bond acceptors (Lipinski definition) is 10. The van der Waals surface area contributed by atoms with Crippen LogP contribution in [0.1, 0.15) is 78.1 Å².